The predicted molar refractivity (Wildman–Crippen MR) is 99.5 cm³/mol. The molecule has 2 atom stereocenters. The molecule has 128 valence electrons. The van der Waals surface area contributed by atoms with Crippen LogP contribution in [0, 0.1) is 5.92 Å². The van der Waals surface area contributed by atoms with Crippen LogP contribution in [-0.2, 0) is 5.41 Å². The third-order valence-corrected chi connectivity index (χ3v) is 5.57. The zero-order valence-corrected chi connectivity index (χ0v) is 14.4. The van der Waals surface area contributed by atoms with Gasteiger partial charge in [-0.05, 0) is 42.6 Å². The molecule has 0 bridgehead atoms. The molecule has 5 nitrogen and oxygen atoms in total. The van der Waals surface area contributed by atoms with Crippen LogP contribution in [0.15, 0.2) is 48.7 Å². The molecule has 0 radical (unpaired) electrons. The molecule has 2 aliphatic rings. The number of halogens is 1. The van der Waals surface area contributed by atoms with Crippen molar-refractivity contribution >= 4 is 29.2 Å². The first-order valence-corrected chi connectivity index (χ1v) is 8.27. The Morgan fingerprint density at radius 1 is 1.24 bits per heavy atom. The fourth-order valence-corrected chi connectivity index (χ4v) is 4.11. The van der Waals surface area contributed by atoms with Gasteiger partial charge in [0.1, 0.15) is 5.52 Å². The maximum atomic E-state index is 11.6. The van der Waals surface area contributed by atoms with Gasteiger partial charge >= 0.3 is 0 Å². The minimum Gasteiger partial charge on any atom is -0.366 e. The fourth-order valence-electron chi connectivity index (χ4n) is 4.11. The lowest BCUT2D eigenvalue weighted by Crippen LogP contribution is -2.19. The van der Waals surface area contributed by atoms with E-state index < -0.39 is 5.91 Å². The Balaban J connectivity index is 0.00000157. The van der Waals surface area contributed by atoms with Crippen LogP contribution in [0.5, 0.6) is 0 Å². The number of hydrogen-bond donors (Lipinski definition) is 2. The van der Waals surface area contributed by atoms with Gasteiger partial charge in [0.2, 0.25) is 0 Å². The van der Waals surface area contributed by atoms with Gasteiger partial charge in [0.05, 0.1) is 11.3 Å². The molecule has 0 spiro atoms. The Labute approximate surface area is 151 Å². The van der Waals surface area contributed by atoms with E-state index in [4.69, 9.17) is 5.73 Å². The number of primary amides is 1. The van der Waals surface area contributed by atoms with Crippen molar-refractivity contribution in [2.45, 2.75) is 11.8 Å². The number of nitrogens with two attached hydrogens (primary N) is 1. The molecule has 2 aromatic carbocycles. The summed E-state index contributed by atoms with van der Waals surface area (Å²) < 4.78 is 1.82. The van der Waals surface area contributed by atoms with Gasteiger partial charge in [-0.2, -0.15) is 5.10 Å². The molecule has 2 fully saturated rings. The summed E-state index contributed by atoms with van der Waals surface area (Å²) in [5.41, 5.74) is 9.32. The molecular weight excluding hydrogens is 336 g/mol. The summed E-state index contributed by atoms with van der Waals surface area (Å²) in [7, 11) is 0. The molecule has 3 aromatic rings. The Morgan fingerprint density at radius 2 is 2.04 bits per heavy atom. The van der Waals surface area contributed by atoms with E-state index in [1.54, 1.807) is 6.07 Å². The molecule has 2 heterocycles. The lowest BCUT2D eigenvalue weighted by atomic mass is 9.95. The van der Waals surface area contributed by atoms with Crippen LogP contribution < -0.4 is 11.1 Å². The summed E-state index contributed by atoms with van der Waals surface area (Å²) in [6, 6.07) is 14.1. The third-order valence-electron chi connectivity index (χ3n) is 5.57. The average molecular weight is 355 g/mol. The van der Waals surface area contributed by atoms with Crippen molar-refractivity contribution in [3.63, 3.8) is 0 Å². The van der Waals surface area contributed by atoms with Crippen molar-refractivity contribution < 1.29 is 4.79 Å². The Kier molecular flexibility index (Phi) is 3.60. The van der Waals surface area contributed by atoms with Gasteiger partial charge in [-0.3, -0.25) is 4.79 Å². The van der Waals surface area contributed by atoms with Crippen LogP contribution in [-0.4, -0.2) is 28.8 Å². The number of benzene rings is 2. The highest BCUT2D eigenvalue weighted by Crippen LogP contribution is 2.56. The molecule has 5 rings (SSSR count). The number of aromatic nitrogens is 2. The van der Waals surface area contributed by atoms with E-state index in [0.717, 1.165) is 30.1 Å². The van der Waals surface area contributed by atoms with Gasteiger partial charge in [0, 0.05) is 23.5 Å². The Hall–Kier alpha value is -2.37. The predicted octanol–water partition coefficient (Wildman–Crippen LogP) is 2.41. The average Bonchev–Trinajstić information content (AvgIpc) is 2.96. The van der Waals surface area contributed by atoms with Crippen LogP contribution in [0.2, 0.25) is 0 Å². The lowest BCUT2D eigenvalue weighted by Gasteiger charge is -2.12. The van der Waals surface area contributed by atoms with Crippen molar-refractivity contribution in [3.05, 3.63) is 59.8 Å². The summed E-state index contributed by atoms with van der Waals surface area (Å²) in [6.45, 7) is 2.23. The van der Waals surface area contributed by atoms with Gasteiger partial charge in [0.25, 0.3) is 5.91 Å². The molecule has 1 saturated heterocycles. The number of rotatable bonds is 3. The first-order valence-electron chi connectivity index (χ1n) is 8.27. The third kappa shape index (κ3) is 2.34. The van der Waals surface area contributed by atoms with Crippen molar-refractivity contribution in [1.82, 2.24) is 15.1 Å². The number of amides is 1. The Morgan fingerprint density at radius 3 is 2.68 bits per heavy atom. The summed E-state index contributed by atoms with van der Waals surface area (Å²) in [4.78, 5) is 11.6. The molecule has 1 aliphatic carbocycles. The highest BCUT2D eigenvalue weighted by molar-refractivity contribution is 6.04. The number of nitrogens with zero attached hydrogens (tertiary/aromatic N) is 2. The lowest BCUT2D eigenvalue weighted by molar-refractivity contribution is 0.100. The first-order chi connectivity index (χ1) is 11.7. The second-order valence-electron chi connectivity index (χ2n) is 6.92. The van der Waals surface area contributed by atoms with E-state index in [1.807, 2.05) is 23.0 Å². The van der Waals surface area contributed by atoms with Gasteiger partial charge in [-0.1, -0.05) is 24.3 Å². The second-order valence-corrected chi connectivity index (χ2v) is 6.92. The van der Waals surface area contributed by atoms with Crippen LogP contribution in [0.3, 0.4) is 0 Å². The van der Waals surface area contributed by atoms with Gasteiger partial charge in [0.15, 0.2) is 0 Å². The first kappa shape index (κ1) is 16.1. The van der Waals surface area contributed by atoms with Crippen LogP contribution in [0.1, 0.15) is 22.3 Å². The van der Waals surface area contributed by atoms with Crippen molar-refractivity contribution in [2.75, 3.05) is 13.1 Å². The standard InChI is InChI=1S/C19H18N4O.ClH/c20-18(24)16-3-1-2-12-10-23(22-17(12)16)15-6-4-13(5-7-15)19-8-14(19)9-21-11-19;/h1-7,10,14,21H,8-9,11H2,(H2,20,24);1H. The second kappa shape index (κ2) is 5.58. The van der Waals surface area contributed by atoms with E-state index >= 15 is 0 Å². The smallest absolute Gasteiger partial charge is 0.250 e. The monoisotopic (exact) mass is 354 g/mol. The normalized spacial score (nSPS) is 23.9. The van der Waals surface area contributed by atoms with E-state index in [1.165, 1.54) is 12.0 Å². The topological polar surface area (TPSA) is 72.9 Å². The van der Waals surface area contributed by atoms with Crippen LogP contribution >= 0.6 is 12.4 Å². The number of fused-ring (bicyclic) bond motifs is 2. The summed E-state index contributed by atoms with van der Waals surface area (Å²) in [6.07, 6.45) is 3.24. The Bertz CT molecular complexity index is 965. The largest absolute Gasteiger partial charge is 0.366 e. The number of carbonyl (C=O) groups is 1. The zero-order valence-electron chi connectivity index (χ0n) is 13.6. The molecule has 25 heavy (non-hydrogen) atoms. The SMILES string of the molecule is Cl.NC(=O)c1cccc2cn(-c3ccc(C45CNCC4C5)cc3)nc12. The molecule has 1 aromatic heterocycles. The van der Waals surface area contributed by atoms with Crippen LogP contribution in [0.4, 0.5) is 0 Å². The number of carbonyl (C=O) groups excluding carboxylic acids is 1. The van der Waals surface area contributed by atoms with Gasteiger partial charge < -0.3 is 11.1 Å². The zero-order chi connectivity index (χ0) is 16.3. The molecule has 6 heteroatoms. The van der Waals surface area contributed by atoms with E-state index in [2.05, 4.69) is 34.7 Å². The van der Waals surface area contributed by atoms with E-state index in [0.29, 0.717) is 16.5 Å². The number of piperidine rings is 1. The maximum absolute atomic E-state index is 11.6. The number of hydrogen-bond acceptors (Lipinski definition) is 3. The molecular formula is C19H19ClN4O. The van der Waals surface area contributed by atoms with Crippen molar-refractivity contribution in [1.29, 1.82) is 0 Å². The van der Waals surface area contributed by atoms with Crippen LogP contribution in [0.25, 0.3) is 16.6 Å². The molecule has 1 aliphatic heterocycles. The quantitative estimate of drug-likeness (QED) is 0.758. The van der Waals surface area contributed by atoms with Gasteiger partial charge in [-0.15, -0.1) is 12.4 Å². The molecule has 3 N–H and O–H groups in total. The summed E-state index contributed by atoms with van der Waals surface area (Å²) >= 11 is 0. The van der Waals surface area contributed by atoms with E-state index in [9.17, 15) is 4.79 Å². The molecule has 1 amide bonds. The summed E-state index contributed by atoms with van der Waals surface area (Å²) in [5, 5.41) is 8.96. The van der Waals surface area contributed by atoms with Gasteiger partial charge in [-0.25, -0.2) is 4.68 Å². The highest BCUT2D eigenvalue weighted by Gasteiger charge is 2.57. The number of nitrogens with one attached hydrogen (secondary N) is 1. The van der Waals surface area contributed by atoms with E-state index in [-0.39, 0.29) is 12.4 Å². The minimum absolute atomic E-state index is 0. The maximum Gasteiger partial charge on any atom is 0.250 e. The van der Waals surface area contributed by atoms with Crippen molar-refractivity contribution in [2.24, 2.45) is 11.7 Å². The fraction of sp³-hybridized carbons (Fsp3) is 0.263. The summed E-state index contributed by atoms with van der Waals surface area (Å²) in [5.74, 6) is 0.350. The van der Waals surface area contributed by atoms with Crippen molar-refractivity contribution in [3.8, 4) is 5.69 Å². The minimum atomic E-state index is -0.450. The molecule has 1 saturated carbocycles. The molecule has 2 unspecified atom stereocenters. The highest BCUT2D eigenvalue weighted by atomic mass is 35.5.